The van der Waals surface area contributed by atoms with Gasteiger partial charge in [0.05, 0.1) is 0 Å². The zero-order valence-electron chi connectivity index (χ0n) is 12.3. The predicted molar refractivity (Wildman–Crippen MR) is 88.9 cm³/mol. The highest BCUT2D eigenvalue weighted by molar-refractivity contribution is 7.99. The van der Waals surface area contributed by atoms with Gasteiger partial charge in [0.1, 0.15) is 16.2 Å². The Bertz CT molecular complexity index is 591. The molecule has 2 aromatic heterocycles. The number of nitrogens with zero attached hydrogens (tertiary/aromatic N) is 2. The molecule has 0 saturated heterocycles. The summed E-state index contributed by atoms with van der Waals surface area (Å²) in [4.78, 5) is 11.8. The number of thiophene rings is 1. The third kappa shape index (κ3) is 2.86. The van der Waals surface area contributed by atoms with Gasteiger partial charge in [-0.1, -0.05) is 26.7 Å². The highest BCUT2D eigenvalue weighted by atomic mass is 32.2. The number of aryl methyl sites for hydroxylation is 1. The predicted octanol–water partition coefficient (Wildman–Crippen LogP) is 5.10. The molecule has 0 bridgehead atoms. The molecule has 3 rings (SSSR count). The standard InChI is InChI=1S/C16H22N2S2/c1-3-4-5-8-19-15-14-12-7-6-11(2)9-13(12)20-16(14)18-10-17-15/h10-11H,3-9H2,1-2H3/t11-/m0/s1. The van der Waals surface area contributed by atoms with E-state index in [0.717, 1.165) is 5.92 Å². The normalized spacial score (nSPS) is 18.4. The molecular formula is C16H22N2S2. The van der Waals surface area contributed by atoms with Gasteiger partial charge in [0, 0.05) is 10.3 Å². The lowest BCUT2D eigenvalue weighted by Crippen LogP contribution is -2.08. The Morgan fingerprint density at radius 2 is 2.25 bits per heavy atom. The summed E-state index contributed by atoms with van der Waals surface area (Å²) < 4.78 is 0. The number of hydrogen-bond donors (Lipinski definition) is 0. The molecule has 0 N–H and O–H groups in total. The molecule has 1 atom stereocenters. The van der Waals surface area contributed by atoms with Gasteiger partial charge in [-0.25, -0.2) is 9.97 Å². The van der Waals surface area contributed by atoms with Crippen molar-refractivity contribution in [1.29, 1.82) is 0 Å². The maximum Gasteiger partial charge on any atom is 0.128 e. The van der Waals surface area contributed by atoms with E-state index in [9.17, 15) is 0 Å². The minimum absolute atomic E-state index is 0.823. The monoisotopic (exact) mass is 306 g/mol. The van der Waals surface area contributed by atoms with Gasteiger partial charge in [-0.3, -0.25) is 0 Å². The van der Waals surface area contributed by atoms with E-state index in [1.807, 2.05) is 23.1 Å². The van der Waals surface area contributed by atoms with Crippen LogP contribution in [0.15, 0.2) is 11.4 Å². The van der Waals surface area contributed by atoms with Crippen molar-refractivity contribution in [1.82, 2.24) is 9.97 Å². The first-order valence-electron chi connectivity index (χ1n) is 7.67. The fourth-order valence-corrected chi connectivity index (χ4v) is 5.32. The minimum atomic E-state index is 0.823. The van der Waals surface area contributed by atoms with Crippen molar-refractivity contribution in [2.45, 2.75) is 57.4 Å². The van der Waals surface area contributed by atoms with Gasteiger partial charge in [-0.2, -0.15) is 0 Å². The van der Waals surface area contributed by atoms with Crippen molar-refractivity contribution in [2.75, 3.05) is 5.75 Å². The summed E-state index contributed by atoms with van der Waals surface area (Å²) in [6.07, 6.45) is 9.40. The zero-order chi connectivity index (χ0) is 13.9. The second-order valence-electron chi connectivity index (χ2n) is 5.77. The second kappa shape index (κ2) is 6.44. The molecule has 20 heavy (non-hydrogen) atoms. The number of rotatable bonds is 5. The third-order valence-corrected chi connectivity index (χ3v) is 6.28. The third-order valence-electron chi connectivity index (χ3n) is 4.04. The van der Waals surface area contributed by atoms with Crippen LogP contribution in [0.5, 0.6) is 0 Å². The maximum absolute atomic E-state index is 4.56. The summed E-state index contributed by atoms with van der Waals surface area (Å²) in [5.74, 6) is 2.00. The number of hydrogen-bond acceptors (Lipinski definition) is 4. The number of thioether (sulfide) groups is 1. The molecule has 4 heteroatoms. The van der Waals surface area contributed by atoms with Crippen molar-refractivity contribution in [3.63, 3.8) is 0 Å². The molecule has 0 spiro atoms. The van der Waals surface area contributed by atoms with Crippen LogP contribution in [-0.2, 0) is 12.8 Å². The summed E-state index contributed by atoms with van der Waals surface area (Å²) in [5.41, 5.74) is 1.56. The fraction of sp³-hybridized carbons (Fsp3) is 0.625. The molecule has 1 aliphatic rings. The molecule has 2 nitrogen and oxygen atoms in total. The minimum Gasteiger partial charge on any atom is -0.229 e. The van der Waals surface area contributed by atoms with Crippen LogP contribution in [0, 0.1) is 5.92 Å². The van der Waals surface area contributed by atoms with Gasteiger partial charge >= 0.3 is 0 Å². The van der Waals surface area contributed by atoms with Gasteiger partial charge in [0.25, 0.3) is 0 Å². The van der Waals surface area contributed by atoms with Gasteiger partial charge in [0.15, 0.2) is 0 Å². The Morgan fingerprint density at radius 1 is 1.35 bits per heavy atom. The van der Waals surface area contributed by atoms with Crippen molar-refractivity contribution in [3.8, 4) is 0 Å². The van der Waals surface area contributed by atoms with Crippen LogP contribution in [0.3, 0.4) is 0 Å². The molecule has 0 aliphatic heterocycles. The Kier molecular flexibility index (Phi) is 4.61. The molecule has 2 heterocycles. The van der Waals surface area contributed by atoms with Crippen LogP contribution in [0.25, 0.3) is 10.2 Å². The van der Waals surface area contributed by atoms with Crippen LogP contribution in [0.1, 0.15) is 50.0 Å². The lowest BCUT2D eigenvalue weighted by atomic mass is 9.89. The Balaban J connectivity index is 1.89. The van der Waals surface area contributed by atoms with Gasteiger partial charge in [0.2, 0.25) is 0 Å². The van der Waals surface area contributed by atoms with Gasteiger partial charge in [-0.05, 0) is 42.9 Å². The van der Waals surface area contributed by atoms with Crippen molar-refractivity contribution < 1.29 is 0 Å². The second-order valence-corrected chi connectivity index (χ2v) is 7.93. The molecule has 0 saturated carbocycles. The molecule has 0 unspecified atom stereocenters. The van der Waals surface area contributed by atoms with Gasteiger partial charge < -0.3 is 0 Å². The molecule has 0 amide bonds. The molecule has 0 aromatic carbocycles. The topological polar surface area (TPSA) is 25.8 Å². The average molecular weight is 307 g/mol. The van der Waals surface area contributed by atoms with E-state index >= 15 is 0 Å². The number of unbranched alkanes of at least 4 members (excludes halogenated alkanes) is 2. The van der Waals surface area contributed by atoms with Crippen molar-refractivity contribution in [2.24, 2.45) is 5.92 Å². The quantitative estimate of drug-likeness (QED) is 0.437. The molecule has 108 valence electrons. The van der Waals surface area contributed by atoms with Crippen LogP contribution < -0.4 is 0 Å². The molecule has 0 fully saturated rings. The fourth-order valence-electron chi connectivity index (χ4n) is 2.88. The first kappa shape index (κ1) is 14.3. The smallest absolute Gasteiger partial charge is 0.128 e. The largest absolute Gasteiger partial charge is 0.229 e. The molecular weight excluding hydrogens is 284 g/mol. The first-order chi connectivity index (χ1) is 9.79. The number of fused-ring (bicyclic) bond motifs is 3. The summed E-state index contributed by atoms with van der Waals surface area (Å²) in [5, 5.41) is 2.60. The van der Waals surface area contributed by atoms with E-state index in [-0.39, 0.29) is 0 Å². The zero-order valence-corrected chi connectivity index (χ0v) is 13.9. The van der Waals surface area contributed by atoms with E-state index < -0.39 is 0 Å². The lowest BCUT2D eigenvalue weighted by Gasteiger charge is -2.18. The summed E-state index contributed by atoms with van der Waals surface area (Å²) in [6, 6.07) is 0. The summed E-state index contributed by atoms with van der Waals surface area (Å²) >= 11 is 3.82. The van der Waals surface area contributed by atoms with Gasteiger partial charge in [-0.15, -0.1) is 23.1 Å². The summed E-state index contributed by atoms with van der Waals surface area (Å²) in [7, 11) is 0. The average Bonchev–Trinajstić information content (AvgIpc) is 2.81. The Morgan fingerprint density at radius 3 is 3.10 bits per heavy atom. The van der Waals surface area contributed by atoms with Crippen LogP contribution in [0.2, 0.25) is 0 Å². The first-order valence-corrected chi connectivity index (χ1v) is 9.47. The van der Waals surface area contributed by atoms with E-state index in [1.54, 1.807) is 16.8 Å². The highest BCUT2D eigenvalue weighted by Crippen LogP contribution is 2.40. The lowest BCUT2D eigenvalue weighted by molar-refractivity contribution is 0.509. The summed E-state index contributed by atoms with van der Waals surface area (Å²) in [6.45, 7) is 4.61. The Labute approximate surface area is 129 Å². The van der Waals surface area contributed by atoms with Crippen molar-refractivity contribution in [3.05, 3.63) is 16.8 Å². The Hall–Kier alpha value is -0.610. The van der Waals surface area contributed by atoms with E-state index in [2.05, 4.69) is 23.8 Å². The van der Waals surface area contributed by atoms with Crippen molar-refractivity contribution >= 4 is 33.3 Å². The van der Waals surface area contributed by atoms with Crippen LogP contribution in [-0.4, -0.2) is 15.7 Å². The van der Waals surface area contributed by atoms with E-state index in [1.165, 1.54) is 59.5 Å². The number of aromatic nitrogens is 2. The molecule has 0 radical (unpaired) electrons. The van der Waals surface area contributed by atoms with E-state index in [4.69, 9.17) is 0 Å². The van der Waals surface area contributed by atoms with E-state index in [0.29, 0.717) is 0 Å². The molecule has 2 aromatic rings. The van der Waals surface area contributed by atoms with Crippen LogP contribution >= 0.6 is 23.1 Å². The molecule has 1 aliphatic carbocycles. The highest BCUT2D eigenvalue weighted by Gasteiger charge is 2.22. The van der Waals surface area contributed by atoms with Crippen LogP contribution in [0.4, 0.5) is 0 Å². The SMILES string of the molecule is CCCCCSc1ncnc2sc3c(c12)CC[C@H](C)C3. The maximum atomic E-state index is 4.56.